The Morgan fingerprint density at radius 3 is 2.65 bits per heavy atom. The molecular formula is C14H17N5O. The van der Waals surface area contributed by atoms with Gasteiger partial charge in [0.25, 0.3) is 5.91 Å². The summed E-state index contributed by atoms with van der Waals surface area (Å²) in [4.78, 5) is 22.5. The first kappa shape index (κ1) is 12.5. The molecule has 0 radical (unpaired) electrons. The maximum atomic E-state index is 12.2. The van der Waals surface area contributed by atoms with E-state index in [9.17, 15) is 4.79 Å². The van der Waals surface area contributed by atoms with Crippen LogP contribution in [0.15, 0.2) is 11.8 Å². The number of amides is 1. The molecule has 20 heavy (non-hydrogen) atoms. The van der Waals surface area contributed by atoms with Crippen molar-refractivity contribution in [1.29, 1.82) is 0 Å². The molecule has 0 spiro atoms. The highest BCUT2D eigenvalue weighted by Crippen LogP contribution is 2.34. The molecule has 0 aliphatic carbocycles. The van der Waals surface area contributed by atoms with Gasteiger partial charge < -0.3 is 21.0 Å². The molecule has 0 aromatic carbocycles. The van der Waals surface area contributed by atoms with Gasteiger partial charge in [-0.2, -0.15) is 0 Å². The fourth-order valence-corrected chi connectivity index (χ4v) is 2.63. The van der Waals surface area contributed by atoms with E-state index in [4.69, 9.17) is 5.73 Å². The van der Waals surface area contributed by atoms with Gasteiger partial charge in [-0.1, -0.05) is 0 Å². The van der Waals surface area contributed by atoms with E-state index in [2.05, 4.69) is 20.3 Å². The van der Waals surface area contributed by atoms with Crippen molar-refractivity contribution < 1.29 is 4.79 Å². The predicted molar refractivity (Wildman–Crippen MR) is 77.3 cm³/mol. The van der Waals surface area contributed by atoms with E-state index < -0.39 is 0 Å². The summed E-state index contributed by atoms with van der Waals surface area (Å²) in [6, 6.07) is 0. The Labute approximate surface area is 116 Å². The number of nitrogens with two attached hydrogens (primary N) is 1. The van der Waals surface area contributed by atoms with Crippen LogP contribution in [-0.2, 0) is 0 Å². The maximum Gasteiger partial charge on any atom is 0.268 e. The number of aromatic amines is 2. The molecular weight excluding hydrogens is 254 g/mol. The van der Waals surface area contributed by atoms with Crippen LogP contribution in [0.3, 0.4) is 0 Å². The monoisotopic (exact) mass is 271 g/mol. The number of imidazole rings is 1. The summed E-state index contributed by atoms with van der Waals surface area (Å²) in [7, 11) is 0. The summed E-state index contributed by atoms with van der Waals surface area (Å²) in [5.41, 5.74) is 12.2. The van der Waals surface area contributed by atoms with Crippen molar-refractivity contribution in [1.82, 2.24) is 20.3 Å². The van der Waals surface area contributed by atoms with Crippen LogP contribution in [0.4, 0.5) is 5.95 Å². The number of nitrogens with zero attached hydrogens (tertiary/aromatic N) is 1. The molecule has 0 saturated carbocycles. The van der Waals surface area contributed by atoms with Crippen LogP contribution in [0.25, 0.3) is 5.57 Å². The summed E-state index contributed by atoms with van der Waals surface area (Å²) in [6.45, 7) is 6.49. The lowest BCUT2D eigenvalue weighted by molar-refractivity contribution is 0.0953. The highest BCUT2D eigenvalue weighted by molar-refractivity contribution is 6.02. The molecule has 1 aliphatic rings. The number of carbonyl (C=O) groups is 1. The Kier molecular flexibility index (Phi) is 2.67. The fraction of sp³-hybridized carbons (Fsp3) is 0.286. The largest absolute Gasteiger partial charge is 0.369 e. The minimum atomic E-state index is -0.0852. The quantitative estimate of drug-likeness (QED) is 0.632. The van der Waals surface area contributed by atoms with Crippen LogP contribution in [0.5, 0.6) is 0 Å². The van der Waals surface area contributed by atoms with E-state index in [1.54, 1.807) is 6.20 Å². The number of rotatable bonds is 1. The number of anilines is 1. The predicted octanol–water partition coefficient (Wildman–Crippen LogP) is 1.50. The Bertz CT molecular complexity index is 735. The zero-order valence-corrected chi connectivity index (χ0v) is 11.7. The number of carbonyl (C=O) groups excluding carboxylic acids is 1. The van der Waals surface area contributed by atoms with E-state index >= 15 is 0 Å². The van der Waals surface area contributed by atoms with Crippen molar-refractivity contribution in [3.63, 3.8) is 0 Å². The number of H-pyrrole nitrogens is 2. The molecule has 2 aromatic rings. The van der Waals surface area contributed by atoms with Gasteiger partial charge in [0, 0.05) is 23.4 Å². The SMILES string of the molecule is CC1=C(c2cnc(N)[nH]2)c2c([nH]c(C)c2C)C(=O)NC1. The smallest absolute Gasteiger partial charge is 0.268 e. The number of hydrogen-bond acceptors (Lipinski definition) is 3. The molecule has 1 amide bonds. The number of aryl methyl sites for hydroxylation is 1. The van der Waals surface area contributed by atoms with Gasteiger partial charge in [0.05, 0.1) is 11.9 Å². The molecule has 0 bridgehead atoms. The third-order valence-corrected chi connectivity index (χ3v) is 3.78. The van der Waals surface area contributed by atoms with Gasteiger partial charge in [0.1, 0.15) is 5.69 Å². The van der Waals surface area contributed by atoms with Crippen LogP contribution in [0, 0.1) is 13.8 Å². The average molecular weight is 271 g/mol. The summed E-state index contributed by atoms with van der Waals surface area (Å²) in [5, 5.41) is 2.90. The molecule has 5 N–H and O–H groups in total. The van der Waals surface area contributed by atoms with Gasteiger partial charge in [-0.15, -0.1) is 0 Å². The molecule has 3 rings (SSSR count). The van der Waals surface area contributed by atoms with Crippen molar-refractivity contribution in [3.05, 3.63) is 40.0 Å². The van der Waals surface area contributed by atoms with E-state index in [0.29, 0.717) is 18.2 Å². The van der Waals surface area contributed by atoms with Crippen molar-refractivity contribution >= 4 is 17.4 Å². The number of nitrogens with one attached hydrogen (secondary N) is 3. The summed E-state index contributed by atoms with van der Waals surface area (Å²) >= 11 is 0. The molecule has 6 nitrogen and oxygen atoms in total. The molecule has 3 heterocycles. The molecule has 0 unspecified atom stereocenters. The van der Waals surface area contributed by atoms with Crippen LogP contribution in [-0.4, -0.2) is 27.4 Å². The first-order valence-corrected chi connectivity index (χ1v) is 6.47. The molecule has 6 heteroatoms. The highest BCUT2D eigenvalue weighted by atomic mass is 16.1. The maximum absolute atomic E-state index is 12.2. The van der Waals surface area contributed by atoms with E-state index in [0.717, 1.165) is 33.7 Å². The van der Waals surface area contributed by atoms with Crippen LogP contribution < -0.4 is 11.1 Å². The van der Waals surface area contributed by atoms with Crippen molar-refractivity contribution in [2.24, 2.45) is 0 Å². The minimum absolute atomic E-state index is 0.0852. The zero-order chi connectivity index (χ0) is 14.4. The van der Waals surface area contributed by atoms with Crippen LogP contribution >= 0.6 is 0 Å². The van der Waals surface area contributed by atoms with E-state index in [1.807, 2.05) is 20.8 Å². The Morgan fingerprint density at radius 1 is 1.25 bits per heavy atom. The number of aromatic nitrogens is 3. The van der Waals surface area contributed by atoms with E-state index in [-0.39, 0.29) is 5.91 Å². The summed E-state index contributed by atoms with van der Waals surface area (Å²) in [5.74, 6) is 0.285. The highest BCUT2D eigenvalue weighted by Gasteiger charge is 2.26. The van der Waals surface area contributed by atoms with Gasteiger partial charge in [-0.05, 0) is 31.9 Å². The molecule has 0 atom stereocenters. The minimum Gasteiger partial charge on any atom is -0.369 e. The number of fused-ring (bicyclic) bond motifs is 1. The Morgan fingerprint density at radius 2 is 2.00 bits per heavy atom. The normalized spacial score (nSPS) is 15.1. The lowest BCUT2D eigenvalue weighted by atomic mass is 9.95. The van der Waals surface area contributed by atoms with Gasteiger partial charge in [-0.25, -0.2) is 4.98 Å². The molecule has 0 saturated heterocycles. The fourth-order valence-electron chi connectivity index (χ4n) is 2.63. The first-order valence-electron chi connectivity index (χ1n) is 6.47. The Balaban J connectivity index is 2.31. The Hall–Kier alpha value is -2.50. The summed E-state index contributed by atoms with van der Waals surface area (Å²) in [6.07, 6.45) is 1.70. The number of nitrogen functional groups attached to an aromatic ring is 1. The van der Waals surface area contributed by atoms with Crippen LogP contribution in [0.1, 0.15) is 39.9 Å². The third kappa shape index (κ3) is 1.72. The second-order valence-corrected chi connectivity index (χ2v) is 5.15. The third-order valence-electron chi connectivity index (χ3n) is 3.78. The zero-order valence-electron chi connectivity index (χ0n) is 11.7. The first-order chi connectivity index (χ1) is 9.49. The van der Waals surface area contributed by atoms with Crippen molar-refractivity contribution in [3.8, 4) is 0 Å². The molecule has 0 fully saturated rings. The van der Waals surface area contributed by atoms with Gasteiger partial charge in [0.2, 0.25) is 0 Å². The second kappa shape index (κ2) is 4.26. The average Bonchev–Trinajstić information content (AvgIpc) is 2.91. The molecule has 104 valence electrons. The van der Waals surface area contributed by atoms with Gasteiger partial charge >= 0.3 is 0 Å². The molecule has 2 aromatic heterocycles. The number of hydrogen-bond donors (Lipinski definition) is 4. The van der Waals surface area contributed by atoms with Crippen molar-refractivity contribution in [2.75, 3.05) is 12.3 Å². The van der Waals surface area contributed by atoms with Crippen LogP contribution in [0.2, 0.25) is 0 Å². The standard InChI is InChI=1S/C14H17N5O/c1-6-4-16-13(20)12-11(7(2)8(3)18-12)10(6)9-5-17-14(15)19-9/h5,18H,4H2,1-3H3,(H,16,20)(H3,15,17,19). The lowest BCUT2D eigenvalue weighted by Gasteiger charge is -2.09. The van der Waals surface area contributed by atoms with E-state index in [1.165, 1.54) is 0 Å². The van der Waals surface area contributed by atoms with Gasteiger partial charge in [-0.3, -0.25) is 4.79 Å². The second-order valence-electron chi connectivity index (χ2n) is 5.15. The summed E-state index contributed by atoms with van der Waals surface area (Å²) < 4.78 is 0. The topological polar surface area (TPSA) is 99.6 Å². The molecule has 1 aliphatic heterocycles. The lowest BCUT2D eigenvalue weighted by Crippen LogP contribution is -2.24. The van der Waals surface area contributed by atoms with Crippen molar-refractivity contribution in [2.45, 2.75) is 20.8 Å². The van der Waals surface area contributed by atoms with Gasteiger partial charge in [0.15, 0.2) is 5.95 Å².